The molecular weight excluding hydrogens is 833 g/mol. The van der Waals surface area contributed by atoms with Crippen LogP contribution in [-0.2, 0) is 5.41 Å². The largest absolute Gasteiger partial charge is 0.457 e. The highest BCUT2D eigenvalue weighted by Gasteiger charge is 2.49. The second-order valence-corrected chi connectivity index (χ2v) is 19.0. The first kappa shape index (κ1) is 36.9. The maximum atomic E-state index is 6.75. The molecule has 3 heterocycles. The lowest BCUT2D eigenvalue weighted by Gasteiger charge is -2.45. The molecule has 312 valence electrons. The number of rotatable bonds is 4. The summed E-state index contributed by atoms with van der Waals surface area (Å²) in [6.07, 6.45) is 0. The number of para-hydroxylation sites is 3. The molecule has 0 fully saturated rings. The van der Waals surface area contributed by atoms with E-state index in [9.17, 15) is 0 Å². The minimum Gasteiger partial charge on any atom is -0.457 e. The van der Waals surface area contributed by atoms with E-state index in [1.54, 1.807) is 0 Å². The minimum atomic E-state index is -0.621. The van der Waals surface area contributed by atoms with Gasteiger partial charge in [-0.15, -0.1) is 11.3 Å². The second kappa shape index (κ2) is 13.8. The van der Waals surface area contributed by atoms with Crippen molar-refractivity contribution in [1.29, 1.82) is 0 Å². The van der Waals surface area contributed by atoms with Gasteiger partial charge in [-0.2, -0.15) is 0 Å². The maximum absolute atomic E-state index is 6.75. The predicted octanol–water partition coefficient (Wildman–Crippen LogP) is 17.4. The van der Waals surface area contributed by atoms with Crippen LogP contribution >= 0.6 is 11.3 Å². The highest BCUT2D eigenvalue weighted by atomic mass is 32.1. The summed E-state index contributed by atoms with van der Waals surface area (Å²) in [7, 11) is 0. The molecule has 0 atom stereocenters. The molecule has 13 aromatic rings. The Labute approximate surface area is 390 Å². The van der Waals surface area contributed by atoms with Gasteiger partial charge in [-0.05, 0) is 93.7 Å². The van der Waals surface area contributed by atoms with Crippen molar-refractivity contribution in [1.82, 2.24) is 4.57 Å². The molecule has 0 unspecified atom stereocenters. The first-order valence-electron chi connectivity index (χ1n) is 23.0. The lowest BCUT2D eigenvalue weighted by Crippen LogP contribution is -2.36. The van der Waals surface area contributed by atoms with Crippen molar-refractivity contribution in [2.75, 3.05) is 4.90 Å². The van der Waals surface area contributed by atoms with Crippen LogP contribution in [0, 0.1) is 0 Å². The highest BCUT2D eigenvalue weighted by Crippen LogP contribution is 2.62. The molecule has 11 aromatic carbocycles. The van der Waals surface area contributed by atoms with Crippen LogP contribution in [0.5, 0.6) is 11.5 Å². The van der Waals surface area contributed by atoms with Crippen molar-refractivity contribution in [2.45, 2.75) is 5.41 Å². The van der Waals surface area contributed by atoms with Gasteiger partial charge in [0.25, 0.3) is 0 Å². The van der Waals surface area contributed by atoms with Crippen molar-refractivity contribution >= 4 is 91.9 Å². The Morgan fingerprint density at radius 3 is 1.87 bits per heavy atom. The van der Waals surface area contributed by atoms with Crippen molar-refractivity contribution in [3.63, 3.8) is 0 Å². The molecule has 67 heavy (non-hydrogen) atoms. The van der Waals surface area contributed by atoms with Crippen LogP contribution in [0.2, 0.25) is 0 Å². The number of anilines is 3. The number of hydrogen-bond acceptors (Lipinski definition) is 3. The summed E-state index contributed by atoms with van der Waals surface area (Å²) in [5, 5.41) is 9.86. The van der Waals surface area contributed by atoms with Crippen LogP contribution in [0.15, 0.2) is 231 Å². The molecule has 2 aliphatic rings. The number of nitrogens with zero attached hydrogens (tertiary/aromatic N) is 2. The van der Waals surface area contributed by atoms with E-state index >= 15 is 0 Å². The zero-order valence-electron chi connectivity index (χ0n) is 36.2. The van der Waals surface area contributed by atoms with E-state index in [4.69, 9.17) is 4.74 Å². The summed E-state index contributed by atoms with van der Waals surface area (Å²) in [5.74, 6) is 1.78. The molecular formula is C63H38N2OS. The molecule has 0 saturated carbocycles. The van der Waals surface area contributed by atoms with Gasteiger partial charge >= 0.3 is 0 Å². The number of fused-ring (bicyclic) bond motifs is 15. The molecule has 0 radical (unpaired) electrons. The van der Waals surface area contributed by atoms with E-state index < -0.39 is 5.41 Å². The fourth-order valence-electron chi connectivity index (χ4n) is 12.0. The Bertz CT molecular complexity index is 4180. The lowest BCUT2D eigenvalue weighted by molar-refractivity contribution is 0.435. The van der Waals surface area contributed by atoms with Crippen LogP contribution in [0.4, 0.5) is 17.1 Å². The molecule has 2 aromatic heterocycles. The normalized spacial score (nSPS) is 13.3. The van der Waals surface area contributed by atoms with Crippen LogP contribution in [-0.4, -0.2) is 4.57 Å². The van der Waals surface area contributed by atoms with E-state index in [-0.39, 0.29) is 0 Å². The zero-order chi connectivity index (χ0) is 43.8. The van der Waals surface area contributed by atoms with Gasteiger partial charge in [-0.1, -0.05) is 170 Å². The zero-order valence-corrected chi connectivity index (χ0v) is 37.0. The number of hydrogen-bond donors (Lipinski definition) is 0. The summed E-state index contributed by atoms with van der Waals surface area (Å²) in [5.41, 5.74) is 13.6. The lowest BCUT2D eigenvalue weighted by atomic mass is 9.58. The molecule has 3 nitrogen and oxygen atoms in total. The summed E-state index contributed by atoms with van der Waals surface area (Å²) < 4.78 is 11.8. The average molecular weight is 871 g/mol. The van der Waals surface area contributed by atoms with Gasteiger partial charge in [0.1, 0.15) is 11.5 Å². The Morgan fingerprint density at radius 1 is 0.388 bits per heavy atom. The number of thiophene rings is 1. The van der Waals surface area contributed by atoms with E-state index in [1.165, 1.54) is 85.9 Å². The summed E-state index contributed by atoms with van der Waals surface area (Å²) in [6, 6.07) is 85.1. The Hall–Kier alpha value is -8.44. The highest BCUT2D eigenvalue weighted by molar-refractivity contribution is 7.25. The maximum Gasteiger partial charge on any atom is 0.132 e. The second-order valence-electron chi connectivity index (χ2n) is 17.9. The monoisotopic (exact) mass is 870 g/mol. The van der Waals surface area contributed by atoms with Crippen LogP contribution in [0.3, 0.4) is 0 Å². The van der Waals surface area contributed by atoms with Gasteiger partial charge in [0.15, 0.2) is 0 Å². The van der Waals surface area contributed by atoms with E-state index in [1.807, 2.05) is 11.3 Å². The molecule has 0 N–H and O–H groups in total. The molecule has 1 aliphatic heterocycles. The van der Waals surface area contributed by atoms with Crippen LogP contribution in [0.25, 0.3) is 80.3 Å². The Kier molecular flexibility index (Phi) is 7.58. The van der Waals surface area contributed by atoms with Gasteiger partial charge in [0.05, 0.1) is 33.5 Å². The number of benzene rings is 11. The molecule has 1 spiro atoms. The molecule has 4 heteroatoms. The van der Waals surface area contributed by atoms with E-state index in [0.717, 1.165) is 45.2 Å². The molecule has 1 aliphatic carbocycles. The van der Waals surface area contributed by atoms with Gasteiger partial charge in [0, 0.05) is 58.5 Å². The summed E-state index contributed by atoms with van der Waals surface area (Å²) >= 11 is 1.87. The van der Waals surface area contributed by atoms with E-state index in [0.29, 0.717) is 0 Å². The third-order valence-corrected chi connectivity index (χ3v) is 15.8. The van der Waals surface area contributed by atoms with Gasteiger partial charge in [-0.3, -0.25) is 0 Å². The van der Waals surface area contributed by atoms with Crippen molar-refractivity contribution in [3.8, 4) is 28.3 Å². The van der Waals surface area contributed by atoms with Crippen molar-refractivity contribution in [3.05, 3.63) is 253 Å². The molecule has 0 bridgehead atoms. The standard InChI is InChI=1S/C63H38N2OS/c1-2-18-41-39(16-1)17-13-28-52(41)64(40-34-35-44-43-20-4-9-27-53(43)65(56(44)38-40)55-29-15-33-60-62(55)47-21-5-12-32-59(47)67-60)54-37-36-45-42-19-3-6-23-48(42)63(51-26-14-22-46(54)61(45)51)49-24-7-10-30-57(49)66-58-31-11-8-25-50(58)63/h1-38H. The predicted molar refractivity (Wildman–Crippen MR) is 281 cm³/mol. The first-order chi connectivity index (χ1) is 33.3. The quantitative estimate of drug-likeness (QED) is 0.175. The number of aromatic nitrogens is 1. The molecule has 0 saturated heterocycles. The van der Waals surface area contributed by atoms with Crippen LogP contribution in [0.1, 0.15) is 22.3 Å². The smallest absolute Gasteiger partial charge is 0.132 e. The van der Waals surface area contributed by atoms with Crippen LogP contribution < -0.4 is 9.64 Å². The third kappa shape index (κ3) is 4.94. The van der Waals surface area contributed by atoms with E-state index in [2.05, 4.69) is 240 Å². The average Bonchev–Trinajstić information content (AvgIpc) is 3.94. The van der Waals surface area contributed by atoms with Gasteiger partial charge in [-0.25, -0.2) is 0 Å². The SMILES string of the molecule is c1ccc2c(c1)Oc1ccccc1C21c2ccccc2-c2ccc(N(c3ccc4c5ccccc5n(-c5cccc6sc7ccccc7c56)c4c3)c3cccc4ccccc34)c3cccc1c23. The van der Waals surface area contributed by atoms with Gasteiger partial charge in [0.2, 0.25) is 0 Å². The number of ether oxygens (including phenoxy) is 1. The van der Waals surface area contributed by atoms with Crippen molar-refractivity contribution in [2.24, 2.45) is 0 Å². The summed E-state index contributed by atoms with van der Waals surface area (Å²) in [6.45, 7) is 0. The van der Waals surface area contributed by atoms with Crippen molar-refractivity contribution < 1.29 is 4.74 Å². The third-order valence-electron chi connectivity index (χ3n) is 14.6. The minimum absolute atomic E-state index is 0.621. The molecule has 15 rings (SSSR count). The Balaban J connectivity index is 1.06. The first-order valence-corrected chi connectivity index (χ1v) is 23.8. The fourth-order valence-corrected chi connectivity index (χ4v) is 13.1. The Morgan fingerprint density at radius 2 is 1.00 bits per heavy atom. The summed E-state index contributed by atoms with van der Waals surface area (Å²) in [4.78, 5) is 2.52. The fraction of sp³-hybridized carbons (Fsp3) is 0.0159. The topological polar surface area (TPSA) is 17.4 Å². The van der Waals surface area contributed by atoms with Gasteiger partial charge < -0.3 is 14.2 Å². The molecule has 0 amide bonds.